The number of hydrogen-bond acceptors (Lipinski definition) is 3. The topological polar surface area (TPSA) is 36.8 Å². The number of nitrogens with zero attached hydrogens (tertiary/aromatic N) is 2. The maximum Gasteiger partial charge on any atom is 0.0907 e. The fourth-order valence-corrected chi connectivity index (χ4v) is 1.76. The Morgan fingerprint density at radius 2 is 2.15 bits per heavy atom. The lowest BCUT2D eigenvalue weighted by molar-refractivity contribution is 0.563. The van der Waals surface area contributed by atoms with Gasteiger partial charge in [0.2, 0.25) is 0 Å². The number of aliphatic imine (C=N–C) groups is 1. The van der Waals surface area contributed by atoms with Crippen molar-refractivity contribution in [2.24, 2.45) is 21.4 Å². The van der Waals surface area contributed by atoms with Crippen LogP contribution in [-0.4, -0.2) is 18.0 Å². The Bertz CT molecular complexity index is 294. The second kappa shape index (κ2) is 2.69. The van der Waals surface area contributed by atoms with Gasteiger partial charge in [-0.2, -0.15) is 5.10 Å². The third kappa shape index (κ3) is 1.39. The van der Waals surface area contributed by atoms with Crippen molar-refractivity contribution in [3.05, 3.63) is 12.3 Å². The zero-order chi connectivity index (χ0) is 9.47. The van der Waals surface area contributed by atoms with E-state index in [-0.39, 0.29) is 11.5 Å². The fourth-order valence-electron chi connectivity index (χ4n) is 1.76. The minimum atomic E-state index is 0.141. The van der Waals surface area contributed by atoms with Gasteiger partial charge in [-0.1, -0.05) is 26.8 Å². The molecule has 0 aromatic carbocycles. The number of hydrazone groups is 1. The highest BCUT2D eigenvalue weighted by Crippen LogP contribution is 2.28. The average Bonchev–Trinajstić information content (AvgIpc) is 2.45. The maximum absolute atomic E-state index is 4.38. The zero-order valence-corrected chi connectivity index (χ0v) is 8.28. The van der Waals surface area contributed by atoms with Gasteiger partial charge in [0.1, 0.15) is 0 Å². The van der Waals surface area contributed by atoms with Crippen LogP contribution in [0.4, 0.5) is 0 Å². The van der Waals surface area contributed by atoms with Gasteiger partial charge in [0, 0.05) is 23.7 Å². The van der Waals surface area contributed by atoms with Crippen LogP contribution >= 0.6 is 0 Å². The summed E-state index contributed by atoms with van der Waals surface area (Å²) in [5, 5.41) is 4.38. The summed E-state index contributed by atoms with van der Waals surface area (Å²) in [5.74, 6) is 0.400. The molecule has 0 aromatic heterocycles. The van der Waals surface area contributed by atoms with Crippen LogP contribution < -0.4 is 5.43 Å². The maximum atomic E-state index is 4.38. The van der Waals surface area contributed by atoms with Crippen LogP contribution in [0.25, 0.3) is 0 Å². The van der Waals surface area contributed by atoms with Gasteiger partial charge in [-0.15, -0.1) is 0 Å². The van der Waals surface area contributed by atoms with Crippen LogP contribution in [0.5, 0.6) is 0 Å². The smallest absolute Gasteiger partial charge is 0.0907 e. The monoisotopic (exact) mass is 177 g/mol. The van der Waals surface area contributed by atoms with E-state index in [4.69, 9.17) is 0 Å². The van der Waals surface area contributed by atoms with Crippen molar-refractivity contribution < 1.29 is 0 Å². The highest BCUT2D eigenvalue weighted by atomic mass is 15.3. The van der Waals surface area contributed by atoms with Crippen molar-refractivity contribution in [3.8, 4) is 0 Å². The molecule has 0 saturated heterocycles. The molecular weight excluding hydrogens is 162 g/mol. The van der Waals surface area contributed by atoms with Crippen LogP contribution in [0.3, 0.4) is 0 Å². The quantitative estimate of drug-likeness (QED) is 0.599. The second-order valence-electron chi connectivity index (χ2n) is 4.57. The number of rotatable bonds is 0. The minimum absolute atomic E-state index is 0.141. The first-order valence-corrected chi connectivity index (χ1v) is 4.62. The molecule has 1 N–H and O–H groups in total. The Kier molecular flexibility index (Phi) is 1.75. The molecule has 0 fully saturated rings. The van der Waals surface area contributed by atoms with Gasteiger partial charge >= 0.3 is 0 Å². The van der Waals surface area contributed by atoms with Gasteiger partial charge in [0.25, 0.3) is 0 Å². The molecule has 0 spiro atoms. The molecule has 2 aliphatic rings. The molecule has 2 aliphatic heterocycles. The molecule has 2 rings (SSSR count). The molecule has 70 valence electrons. The molecule has 0 aromatic rings. The molecule has 3 nitrogen and oxygen atoms in total. The van der Waals surface area contributed by atoms with E-state index >= 15 is 0 Å². The van der Waals surface area contributed by atoms with Gasteiger partial charge in [-0.25, -0.2) is 0 Å². The molecular formula is C10H15N3. The van der Waals surface area contributed by atoms with E-state index < -0.39 is 0 Å². The van der Waals surface area contributed by atoms with Gasteiger partial charge in [-0.3, -0.25) is 4.99 Å². The van der Waals surface area contributed by atoms with Crippen LogP contribution in [0, 0.1) is 11.3 Å². The van der Waals surface area contributed by atoms with Crippen molar-refractivity contribution in [1.82, 2.24) is 5.43 Å². The first-order valence-electron chi connectivity index (χ1n) is 4.62. The van der Waals surface area contributed by atoms with Gasteiger partial charge in [-0.05, 0) is 0 Å². The Hall–Kier alpha value is -1.12. The lowest BCUT2D eigenvalue weighted by atomic mass is 9.80. The predicted octanol–water partition coefficient (Wildman–Crippen LogP) is 1.57. The lowest BCUT2D eigenvalue weighted by Crippen LogP contribution is -2.35. The Labute approximate surface area is 78.6 Å². The largest absolute Gasteiger partial charge is 0.301 e. The summed E-state index contributed by atoms with van der Waals surface area (Å²) < 4.78 is 0. The second-order valence-corrected chi connectivity index (χ2v) is 4.57. The van der Waals surface area contributed by atoms with E-state index in [0.29, 0.717) is 5.92 Å². The summed E-state index contributed by atoms with van der Waals surface area (Å²) in [6.45, 7) is 6.57. The van der Waals surface area contributed by atoms with Crippen molar-refractivity contribution in [2.75, 3.05) is 0 Å². The number of fused-ring (bicyclic) bond motifs is 1. The summed E-state index contributed by atoms with van der Waals surface area (Å²) in [7, 11) is 0. The average molecular weight is 177 g/mol. The Morgan fingerprint density at radius 1 is 1.38 bits per heavy atom. The zero-order valence-electron chi connectivity index (χ0n) is 8.28. The summed E-state index contributed by atoms with van der Waals surface area (Å²) in [5.41, 5.74) is 4.47. The molecule has 0 amide bonds. The van der Waals surface area contributed by atoms with E-state index in [9.17, 15) is 0 Å². The molecule has 0 radical (unpaired) electrons. The highest BCUT2D eigenvalue weighted by Gasteiger charge is 2.35. The van der Waals surface area contributed by atoms with Crippen LogP contribution in [0.15, 0.2) is 22.4 Å². The molecule has 2 unspecified atom stereocenters. The Balaban J connectivity index is 2.25. The first kappa shape index (κ1) is 8.48. The van der Waals surface area contributed by atoms with E-state index in [0.717, 1.165) is 0 Å². The number of nitrogens with one attached hydrogen (secondary N) is 1. The van der Waals surface area contributed by atoms with Crippen molar-refractivity contribution in [2.45, 2.75) is 26.8 Å². The van der Waals surface area contributed by atoms with Crippen molar-refractivity contribution in [1.29, 1.82) is 0 Å². The molecule has 0 aliphatic carbocycles. The summed E-state index contributed by atoms with van der Waals surface area (Å²) in [4.78, 5) is 4.09. The normalized spacial score (nSPS) is 31.2. The minimum Gasteiger partial charge on any atom is -0.301 e. The molecule has 3 heteroatoms. The van der Waals surface area contributed by atoms with E-state index in [1.807, 2.05) is 12.4 Å². The first-order chi connectivity index (χ1) is 6.09. The van der Waals surface area contributed by atoms with Crippen molar-refractivity contribution in [3.63, 3.8) is 0 Å². The predicted molar refractivity (Wildman–Crippen MR) is 54.9 cm³/mol. The van der Waals surface area contributed by atoms with Crippen LogP contribution in [0.2, 0.25) is 0 Å². The molecule has 0 bridgehead atoms. The summed E-state index contributed by atoms with van der Waals surface area (Å²) in [6, 6.07) is 0.277. The summed E-state index contributed by atoms with van der Waals surface area (Å²) >= 11 is 0. The van der Waals surface area contributed by atoms with Crippen LogP contribution in [0.1, 0.15) is 20.8 Å². The van der Waals surface area contributed by atoms with Gasteiger partial charge in [0.15, 0.2) is 0 Å². The van der Waals surface area contributed by atoms with E-state index in [1.54, 1.807) is 0 Å². The molecule has 13 heavy (non-hydrogen) atoms. The standard InChI is InChI=1S/C10H15N3/c1-10(2,3)9-7-4-5-11-6-8(7)12-13-9/h4-8,12H,1-3H3. The van der Waals surface area contributed by atoms with Crippen molar-refractivity contribution >= 4 is 11.9 Å². The van der Waals surface area contributed by atoms with Gasteiger partial charge in [0.05, 0.1) is 11.8 Å². The summed E-state index contributed by atoms with van der Waals surface area (Å²) in [6.07, 6.45) is 5.90. The Morgan fingerprint density at radius 3 is 2.85 bits per heavy atom. The molecule has 2 atom stereocenters. The van der Waals surface area contributed by atoms with Crippen LogP contribution in [-0.2, 0) is 0 Å². The third-order valence-corrected chi connectivity index (χ3v) is 2.43. The van der Waals surface area contributed by atoms with Gasteiger partial charge < -0.3 is 5.43 Å². The van der Waals surface area contributed by atoms with E-state index in [1.165, 1.54) is 5.71 Å². The molecule has 0 saturated carbocycles. The highest BCUT2D eigenvalue weighted by molar-refractivity contribution is 5.98. The number of hydrogen-bond donors (Lipinski definition) is 1. The SMILES string of the molecule is CC(C)(C)C1=NNC2C=NC=CC12. The van der Waals surface area contributed by atoms with E-state index in [2.05, 4.69) is 42.4 Å². The molecule has 2 heterocycles. The lowest BCUT2D eigenvalue weighted by Gasteiger charge is -2.24. The fraction of sp³-hybridized carbons (Fsp3) is 0.600. The third-order valence-electron chi connectivity index (χ3n) is 2.43.